The predicted molar refractivity (Wildman–Crippen MR) is 104 cm³/mol. The molecule has 1 saturated heterocycles. The summed E-state index contributed by atoms with van der Waals surface area (Å²) in [6.45, 7) is 8.82. The molecule has 2 N–H and O–H groups in total. The molecule has 0 saturated carbocycles. The van der Waals surface area contributed by atoms with Crippen LogP contribution in [0.3, 0.4) is 0 Å². The number of likely N-dealkylation sites (tertiary alicyclic amines) is 1. The van der Waals surface area contributed by atoms with E-state index in [2.05, 4.69) is 23.3 Å². The lowest BCUT2D eigenvalue weighted by molar-refractivity contribution is -0.140. The Bertz CT molecular complexity index is 505. The van der Waals surface area contributed by atoms with E-state index in [1.807, 2.05) is 34.7 Å². The third-order valence-electron chi connectivity index (χ3n) is 4.60. The Morgan fingerprint density at radius 2 is 2.00 bits per heavy atom. The molecule has 1 heterocycles. The van der Waals surface area contributed by atoms with Crippen LogP contribution in [-0.4, -0.2) is 65.8 Å². The lowest BCUT2D eigenvalue weighted by Crippen LogP contribution is -2.52. The molecule has 0 aliphatic carbocycles. The van der Waals surface area contributed by atoms with Crippen molar-refractivity contribution in [1.82, 2.24) is 15.5 Å². The van der Waals surface area contributed by atoms with Gasteiger partial charge in [-0.1, -0.05) is 13.8 Å². The molecule has 1 aliphatic rings. The quantitative estimate of drug-likeness (QED) is 0.386. The molecule has 0 aromatic heterocycles. The zero-order chi connectivity index (χ0) is 20.0. The van der Waals surface area contributed by atoms with Crippen LogP contribution in [0.2, 0.25) is 0 Å². The minimum absolute atomic E-state index is 0.0304. The number of amides is 2. The Balaban J connectivity index is 2.75. The number of carbonyl (C=O) groups excluding carboxylic acids is 3. The number of nitrogens with one attached hydrogen (secondary N) is 2. The number of rotatable bonds is 10. The second-order valence-electron chi connectivity index (χ2n) is 8.21. The monoisotopic (exact) mass is 387 g/mol. The summed E-state index contributed by atoms with van der Waals surface area (Å²) in [5, 5.41) is 6.05. The van der Waals surface area contributed by atoms with Crippen LogP contribution in [0.5, 0.6) is 0 Å². The number of ether oxygens (including phenoxy) is 1. The van der Waals surface area contributed by atoms with Gasteiger partial charge in [0, 0.05) is 23.3 Å². The van der Waals surface area contributed by atoms with Gasteiger partial charge >= 0.3 is 0 Å². The Kier molecular flexibility index (Phi) is 8.40. The molecule has 0 radical (unpaired) electrons. The van der Waals surface area contributed by atoms with Crippen LogP contribution in [0.25, 0.3) is 0 Å². The molecular weight excluding hydrogens is 354 g/mol. The number of carbonyl (C=O) groups is 3. The molecule has 1 aliphatic heterocycles. The van der Waals surface area contributed by atoms with E-state index in [1.165, 1.54) is 0 Å². The zero-order valence-electron chi connectivity index (χ0n) is 16.5. The van der Waals surface area contributed by atoms with Gasteiger partial charge in [-0.15, -0.1) is 0 Å². The normalized spacial score (nSPS) is 19.2. The molecule has 0 spiro atoms. The highest BCUT2D eigenvalue weighted by Gasteiger charge is 2.37. The second kappa shape index (κ2) is 9.60. The number of thiol groups is 1. The van der Waals surface area contributed by atoms with Crippen molar-refractivity contribution >= 4 is 30.9 Å². The molecule has 1 fully saturated rings. The van der Waals surface area contributed by atoms with E-state index in [4.69, 9.17) is 4.74 Å². The molecule has 8 heteroatoms. The van der Waals surface area contributed by atoms with Crippen molar-refractivity contribution in [2.45, 2.75) is 75.7 Å². The predicted octanol–water partition coefficient (Wildman–Crippen LogP) is 1.12. The molecule has 150 valence electrons. The molecule has 7 nitrogen and oxygen atoms in total. The number of hydrogen-bond acceptors (Lipinski definition) is 6. The SMILES string of the molecule is CNC(C)(C)CC(=O)N1CCCC1C(=O)NC(COC=O)CC(C)(C)S. The zero-order valence-corrected chi connectivity index (χ0v) is 17.4. The van der Waals surface area contributed by atoms with E-state index in [-0.39, 0.29) is 34.7 Å². The summed E-state index contributed by atoms with van der Waals surface area (Å²) in [4.78, 5) is 37.6. The third kappa shape index (κ3) is 7.53. The molecule has 0 aromatic carbocycles. The maximum atomic E-state index is 12.8. The summed E-state index contributed by atoms with van der Waals surface area (Å²) in [6.07, 6.45) is 2.32. The summed E-state index contributed by atoms with van der Waals surface area (Å²) >= 11 is 4.49. The minimum atomic E-state index is -0.475. The van der Waals surface area contributed by atoms with Crippen LogP contribution in [-0.2, 0) is 19.1 Å². The molecule has 2 atom stereocenters. The number of hydrogen-bond donors (Lipinski definition) is 3. The van der Waals surface area contributed by atoms with E-state index in [1.54, 1.807) is 4.90 Å². The van der Waals surface area contributed by atoms with Crippen molar-refractivity contribution in [1.29, 1.82) is 0 Å². The summed E-state index contributed by atoms with van der Waals surface area (Å²) in [6, 6.07) is -0.816. The third-order valence-corrected chi connectivity index (χ3v) is 4.79. The lowest BCUT2D eigenvalue weighted by Gasteiger charge is -2.31. The summed E-state index contributed by atoms with van der Waals surface area (Å²) in [5.41, 5.74) is -0.322. The van der Waals surface area contributed by atoms with Crippen molar-refractivity contribution in [3.8, 4) is 0 Å². The van der Waals surface area contributed by atoms with Gasteiger partial charge in [-0.3, -0.25) is 14.4 Å². The minimum Gasteiger partial charge on any atom is -0.466 e. The fourth-order valence-electron chi connectivity index (χ4n) is 3.11. The first-order valence-corrected chi connectivity index (χ1v) is 9.50. The second-order valence-corrected chi connectivity index (χ2v) is 9.42. The molecule has 2 amide bonds. The smallest absolute Gasteiger partial charge is 0.293 e. The van der Waals surface area contributed by atoms with Crippen LogP contribution >= 0.6 is 12.6 Å². The lowest BCUT2D eigenvalue weighted by atomic mass is 9.99. The maximum Gasteiger partial charge on any atom is 0.293 e. The highest BCUT2D eigenvalue weighted by molar-refractivity contribution is 7.81. The number of nitrogens with zero attached hydrogens (tertiary/aromatic N) is 1. The van der Waals surface area contributed by atoms with Crippen LogP contribution in [0.1, 0.15) is 53.4 Å². The van der Waals surface area contributed by atoms with Gasteiger partial charge in [0.1, 0.15) is 12.6 Å². The molecule has 2 unspecified atom stereocenters. The van der Waals surface area contributed by atoms with Gasteiger partial charge < -0.3 is 20.3 Å². The average Bonchev–Trinajstić information content (AvgIpc) is 3.00. The molecular formula is C18H33N3O4S. The van der Waals surface area contributed by atoms with E-state index < -0.39 is 6.04 Å². The average molecular weight is 388 g/mol. The molecule has 0 bridgehead atoms. The van der Waals surface area contributed by atoms with Gasteiger partial charge in [-0.05, 0) is 40.2 Å². The Hall–Kier alpha value is -1.28. The molecule has 0 aromatic rings. The van der Waals surface area contributed by atoms with Crippen LogP contribution < -0.4 is 10.6 Å². The van der Waals surface area contributed by atoms with Gasteiger partial charge in [0.2, 0.25) is 11.8 Å². The fraction of sp³-hybridized carbons (Fsp3) is 0.833. The van der Waals surface area contributed by atoms with E-state index in [0.29, 0.717) is 32.3 Å². The van der Waals surface area contributed by atoms with Crippen molar-refractivity contribution in [3.05, 3.63) is 0 Å². The van der Waals surface area contributed by atoms with Crippen molar-refractivity contribution in [2.24, 2.45) is 0 Å². The van der Waals surface area contributed by atoms with Gasteiger partial charge in [-0.2, -0.15) is 12.6 Å². The van der Waals surface area contributed by atoms with Gasteiger partial charge in [0.15, 0.2) is 0 Å². The van der Waals surface area contributed by atoms with Gasteiger partial charge in [0.25, 0.3) is 6.47 Å². The fourth-order valence-corrected chi connectivity index (χ4v) is 3.33. The maximum absolute atomic E-state index is 12.8. The largest absolute Gasteiger partial charge is 0.466 e. The standard InChI is InChI=1S/C18H33N3O4S/c1-17(2,19-5)10-15(23)21-8-6-7-14(21)16(24)20-13(11-25-12-22)9-18(3,4)26/h12-14,19,26H,6-11H2,1-5H3,(H,20,24). The highest BCUT2D eigenvalue weighted by atomic mass is 32.1. The van der Waals surface area contributed by atoms with E-state index in [0.717, 1.165) is 6.42 Å². The van der Waals surface area contributed by atoms with E-state index in [9.17, 15) is 14.4 Å². The molecule has 1 rings (SSSR count). The summed E-state index contributed by atoms with van der Waals surface area (Å²) in [7, 11) is 1.82. The van der Waals surface area contributed by atoms with Crippen LogP contribution in [0, 0.1) is 0 Å². The van der Waals surface area contributed by atoms with Crippen LogP contribution in [0.4, 0.5) is 0 Å². The Morgan fingerprint density at radius 3 is 2.54 bits per heavy atom. The highest BCUT2D eigenvalue weighted by Crippen LogP contribution is 2.23. The first-order valence-electron chi connectivity index (χ1n) is 9.05. The van der Waals surface area contributed by atoms with Gasteiger partial charge in [-0.25, -0.2) is 0 Å². The summed E-state index contributed by atoms with van der Waals surface area (Å²) in [5.74, 6) is -0.229. The first-order chi connectivity index (χ1) is 12.0. The van der Waals surface area contributed by atoms with Crippen LogP contribution in [0.15, 0.2) is 0 Å². The Morgan fingerprint density at radius 1 is 1.35 bits per heavy atom. The van der Waals surface area contributed by atoms with Crippen molar-refractivity contribution < 1.29 is 19.1 Å². The Labute approximate surface area is 162 Å². The van der Waals surface area contributed by atoms with Gasteiger partial charge in [0.05, 0.1) is 6.04 Å². The van der Waals surface area contributed by atoms with E-state index >= 15 is 0 Å². The first kappa shape index (κ1) is 22.8. The van der Waals surface area contributed by atoms with Crippen molar-refractivity contribution in [3.63, 3.8) is 0 Å². The summed E-state index contributed by atoms with van der Waals surface area (Å²) < 4.78 is 4.51. The van der Waals surface area contributed by atoms with Crippen molar-refractivity contribution in [2.75, 3.05) is 20.2 Å². The topological polar surface area (TPSA) is 87.7 Å². The molecule has 26 heavy (non-hydrogen) atoms.